The normalized spacial score (nSPS) is 17.5. The Balaban J connectivity index is 0.000000321. The van der Waals surface area contributed by atoms with E-state index in [2.05, 4.69) is 51.9 Å². The second-order valence-electron chi connectivity index (χ2n) is 6.58. The molecule has 2 atom stereocenters. The number of nitrogens with one attached hydrogen (secondary N) is 1. The van der Waals surface area contributed by atoms with Gasteiger partial charge >= 0.3 is 0 Å². The Hall–Kier alpha value is -3.47. The first-order chi connectivity index (χ1) is 14.0. The molecule has 1 unspecified atom stereocenters. The fourth-order valence-corrected chi connectivity index (χ4v) is 3.15. The van der Waals surface area contributed by atoms with Gasteiger partial charge in [0.2, 0.25) is 0 Å². The predicted octanol–water partition coefficient (Wildman–Crippen LogP) is 3.14. The summed E-state index contributed by atoms with van der Waals surface area (Å²) in [6, 6.07) is 10.7. The van der Waals surface area contributed by atoms with Gasteiger partial charge in [-0.15, -0.1) is 12.8 Å². The zero-order chi connectivity index (χ0) is 21.6. The largest absolute Gasteiger partial charge is 0.366 e. The van der Waals surface area contributed by atoms with Crippen LogP contribution in [0.2, 0.25) is 0 Å². The van der Waals surface area contributed by atoms with Gasteiger partial charge < -0.3 is 5.32 Å². The molecule has 0 radical (unpaired) electrons. The van der Waals surface area contributed by atoms with Gasteiger partial charge in [-0.3, -0.25) is 4.90 Å². The minimum atomic E-state index is 0.361. The van der Waals surface area contributed by atoms with Crippen LogP contribution in [0.15, 0.2) is 30.6 Å². The molecule has 29 heavy (non-hydrogen) atoms. The van der Waals surface area contributed by atoms with Crippen molar-refractivity contribution in [3.05, 3.63) is 47.7 Å². The van der Waals surface area contributed by atoms with E-state index in [9.17, 15) is 0 Å². The number of hydrogen-bond acceptors (Lipinski definition) is 7. The zero-order valence-corrected chi connectivity index (χ0v) is 17.2. The molecule has 0 amide bonds. The molecule has 0 saturated carbocycles. The molecule has 0 bridgehead atoms. The van der Waals surface area contributed by atoms with Crippen LogP contribution in [-0.2, 0) is 0 Å². The third-order valence-electron chi connectivity index (χ3n) is 4.60. The standard InChI is InChI=1S/C13H19N5.C7H6N2.C2H2/c1-10-3-4-11(2)18(10)8-7-17-13-12(9-14)15-5-6-16-13;1-6-3-2-4-7(5-8)9-6;1-2/h5-6,10-11H,3-4,7-8H2,1-2H3,(H,16,17);2-4H,1H3;1-2H/t10-,11?;;/m0../s1. The average molecular weight is 390 g/mol. The molecule has 1 saturated heterocycles. The number of likely N-dealkylation sites (tertiary alicyclic amines) is 1. The Labute approximate surface area is 173 Å². The van der Waals surface area contributed by atoms with E-state index in [-0.39, 0.29) is 0 Å². The summed E-state index contributed by atoms with van der Waals surface area (Å²) in [6.45, 7) is 8.17. The summed E-state index contributed by atoms with van der Waals surface area (Å²) in [7, 11) is 0. The van der Waals surface area contributed by atoms with E-state index in [4.69, 9.17) is 10.5 Å². The van der Waals surface area contributed by atoms with Crippen LogP contribution in [-0.4, -0.2) is 45.0 Å². The molecular formula is C22H27N7. The van der Waals surface area contributed by atoms with E-state index in [1.54, 1.807) is 12.3 Å². The number of aromatic nitrogens is 3. The van der Waals surface area contributed by atoms with Gasteiger partial charge in [-0.05, 0) is 45.7 Å². The van der Waals surface area contributed by atoms with Crippen LogP contribution < -0.4 is 5.32 Å². The number of hydrogen-bond donors (Lipinski definition) is 1. The van der Waals surface area contributed by atoms with Gasteiger partial charge in [0.1, 0.15) is 17.8 Å². The lowest BCUT2D eigenvalue weighted by Crippen LogP contribution is -2.36. The van der Waals surface area contributed by atoms with Crippen LogP contribution >= 0.6 is 0 Å². The number of pyridine rings is 1. The van der Waals surface area contributed by atoms with Crippen molar-refractivity contribution >= 4 is 5.82 Å². The lowest BCUT2D eigenvalue weighted by Gasteiger charge is -2.25. The van der Waals surface area contributed by atoms with Crippen molar-refractivity contribution in [1.82, 2.24) is 19.9 Å². The van der Waals surface area contributed by atoms with Crippen molar-refractivity contribution in [1.29, 1.82) is 10.5 Å². The summed E-state index contributed by atoms with van der Waals surface area (Å²) in [5.74, 6) is 0.583. The fraction of sp³-hybridized carbons (Fsp3) is 0.409. The molecule has 3 heterocycles. The molecule has 1 fully saturated rings. The number of anilines is 1. The second kappa shape index (κ2) is 12.8. The first-order valence-electron chi connectivity index (χ1n) is 9.43. The first kappa shape index (κ1) is 23.6. The monoisotopic (exact) mass is 389 g/mol. The number of rotatable bonds is 4. The number of nitrogens with zero attached hydrogens (tertiary/aromatic N) is 6. The quantitative estimate of drug-likeness (QED) is 0.802. The zero-order valence-electron chi connectivity index (χ0n) is 17.2. The lowest BCUT2D eigenvalue weighted by atomic mass is 10.2. The Morgan fingerprint density at radius 3 is 2.31 bits per heavy atom. The van der Waals surface area contributed by atoms with Crippen molar-refractivity contribution in [3.8, 4) is 25.0 Å². The van der Waals surface area contributed by atoms with Crippen molar-refractivity contribution in [2.24, 2.45) is 0 Å². The van der Waals surface area contributed by atoms with Crippen LogP contribution in [0, 0.1) is 42.4 Å². The van der Waals surface area contributed by atoms with E-state index in [0.29, 0.717) is 29.3 Å². The van der Waals surface area contributed by atoms with Gasteiger partial charge in [0.05, 0.1) is 0 Å². The first-order valence-corrected chi connectivity index (χ1v) is 9.43. The molecule has 1 aliphatic rings. The van der Waals surface area contributed by atoms with Crippen LogP contribution in [0.4, 0.5) is 5.82 Å². The van der Waals surface area contributed by atoms with Crippen LogP contribution in [0.1, 0.15) is 43.8 Å². The molecule has 0 aromatic carbocycles. The highest BCUT2D eigenvalue weighted by atomic mass is 15.2. The van der Waals surface area contributed by atoms with Crippen molar-refractivity contribution in [2.75, 3.05) is 18.4 Å². The fourth-order valence-electron chi connectivity index (χ4n) is 3.15. The molecule has 7 heteroatoms. The highest BCUT2D eigenvalue weighted by Gasteiger charge is 2.26. The maximum atomic E-state index is 8.91. The Bertz CT molecular complexity index is 853. The Morgan fingerprint density at radius 2 is 1.76 bits per heavy atom. The van der Waals surface area contributed by atoms with Gasteiger partial charge in [-0.25, -0.2) is 15.0 Å². The number of terminal acetylenes is 1. The molecule has 2 aromatic heterocycles. The SMILES string of the molecule is C#C.CC1CC[C@H](C)N1CCNc1nccnc1C#N.Cc1cccc(C#N)n1. The minimum Gasteiger partial charge on any atom is -0.366 e. The highest BCUT2D eigenvalue weighted by molar-refractivity contribution is 5.46. The third kappa shape index (κ3) is 7.58. The highest BCUT2D eigenvalue weighted by Crippen LogP contribution is 2.22. The molecule has 1 N–H and O–H groups in total. The second-order valence-corrected chi connectivity index (χ2v) is 6.58. The molecule has 2 aromatic rings. The Kier molecular flexibility index (Phi) is 10.4. The molecule has 7 nitrogen and oxygen atoms in total. The molecular weight excluding hydrogens is 362 g/mol. The van der Waals surface area contributed by atoms with Crippen molar-refractivity contribution in [3.63, 3.8) is 0 Å². The van der Waals surface area contributed by atoms with Crippen LogP contribution in [0.5, 0.6) is 0 Å². The number of aryl methyl sites for hydroxylation is 1. The topological polar surface area (TPSA) is 102 Å². The smallest absolute Gasteiger partial charge is 0.182 e. The van der Waals surface area contributed by atoms with Gasteiger partial charge in [-0.2, -0.15) is 10.5 Å². The van der Waals surface area contributed by atoms with Crippen LogP contribution in [0.25, 0.3) is 0 Å². The average Bonchev–Trinajstić information content (AvgIpc) is 3.08. The van der Waals surface area contributed by atoms with Crippen LogP contribution in [0.3, 0.4) is 0 Å². The van der Waals surface area contributed by atoms with E-state index in [1.807, 2.05) is 31.2 Å². The summed E-state index contributed by atoms with van der Waals surface area (Å²) in [5, 5.41) is 20.5. The predicted molar refractivity (Wildman–Crippen MR) is 114 cm³/mol. The molecule has 150 valence electrons. The lowest BCUT2D eigenvalue weighted by molar-refractivity contribution is 0.223. The minimum absolute atomic E-state index is 0.361. The van der Waals surface area contributed by atoms with Gasteiger partial charge in [0, 0.05) is 43.3 Å². The summed E-state index contributed by atoms with van der Waals surface area (Å²) in [4.78, 5) is 14.5. The molecule has 3 rings (SSSR count). The maximum Gasteiger partial charge on any atom is 0.182 e. The van der Waals surface area contributed by atoms with Gasteiger partial charge in [0.25, 0.3) is 0 Å². The van der Waals surface area contributed by atoms with Gasteiger partial charge in [0.15, 0.2) is 11.5 Å². The number of nitriles is 2. The summed E-state index contributed by atoms with van der Waals surface area (Å²) >= 11 is 0. The van der Waals surface area contributed by atoms with E-state index in [1.165, 1.54) is 19.0 Å². The third-order valence-corrected chi connectivity index (χ3v) is 4.60. The van der Waals surface area contributed by atoms with E-state index < -0.39 is 0 Å². The summed E-state index contributed by atoms with van der Waals surface area (Å²) in [5.41, 5.74) is 1.73. The molecule has 1 aliphatic heterocycles. The maximum absolute atomic E-state index is 8.91. The van der Waals surface area contributed by atoms with E-state index in [0.717, 1.165) is 18.8 Å². The summed E-state index contributed by atoms with van der Waals surface area (Å²) < 4.78 is 0. The Morgan fingerprint density at radius 1 is 1.10 bits per heavy atom. The summed E-state index contributed by atoms with van der Waals surface area (Å²) in [6.07, 6.45) is 13.7. The van der Waals surface area contributed by atoms with Crippen molar-refractivity contribution < 1.29 is 0 Å². The molecule has 0 spiro atoms. The molecule has 0 aliphatic carbocycles. The van der Waals surface area contributed by atoms with Crippen molar-refractivity contribution in [2.45, 2.75) is 45.7 Å². The van der Waals surface area contributed by atoms with E-state index >= 15 is 0 Å². The van der Waals surface area contributed by atoms with Gasteiger partial charge in [-0.1, -0.05) is 6.07 Å².